The van der Waals surface area contributed by atoms with Gasteiger partial charge in [0.15, 0.2) is 13.2 Å². The van der Waals surface area contributed by atoms with E-state index in [2.05, 4.69) is 21.2 Å². The van der Waals surface area contributed by atoms with Crippen molar-refractivity contribution in [1.82, 2.24) is 5.32 Å². The fourth-order valence-corrected chi connectivity index (χ4v) is 2.12. The van der Waals surface area contributed by atoms with Gasteiger partial charge < -0.3 is 19.5 Å². The van der Waals surface area contributed by atoms with Crippen LogP contribution in [0.5, 0.6) is 11.5 Å². The highest BCUT2D eigenvalue weighted by Gasteiger charge is 2.08. The van der Waals surface area contributed by atoms with Gasteiger partial charge in [0.25, 0.3) is 5.91 Å². The Kier molecular flexibility index (Phi) is 7.28. The molecule has 6 nitrogen and oxygen atoms in total. The number of carbonyl (C=O) groups excluding carboxylic acids is 2. The SMILES string of the molecule is COc1ccc(CNC(=O)COC(=O)COc2ccc(Br)cc2)cc1. The number of hydrogen-bond acceptors (Lipinski definition) is 5. The molecule has 0 aromatic heterocycles. The predicted molar refractivity (Wildman–Crippen MR) is 95.4 cm³/mol. The lowest BCUT2D eigenvalue weighted by molar-refractivity contribution is -0.150. The number of nitrogens with one attached hydrogen (secondary N) is 1. The quantitative estimate of drug-likeness (QED) is 0.680. The highest BCUT2D eigenvalue weighted by atomic mass is 79.9. The summed E-state index contributed by atoms with van der Waals surface area (Å²) in [5.41, 5.74) is 0.916. The number of esters is 1. The molecule has 0 aliphatic carbocycles. The van der Waals surface area contributed by atoms with Crippen LogP contribution in [0.1, 0.15) is 5.56 Å². The molecule has 0 aliphatic rings. The van der Waals surface area contributed by atoms with Gasteiger partial charge in [0.05, 0.1) is 7.11 Å². The van der Waals surface area contributed by atoms with E-state index >= 15 is 0 Å². The monoisotopic (exact) mass is 407 g/mol. The fraction of sp³-hybridized carbons (Fsp3) is 0.222. The minimum absolute atomic E-state index is 0.257. The van der Waals surface area contributed by atoms with Gasteiger partial charge in [0, 0.05) is 11.0 Å². The second-order valence-electron chi connectivity index (χ2n) is 5.03. The first-order chi connectivity index (χ1) is 12.1. The Morgan fingerprint density at radius 3 is 2.24 bits per heavy atom. The molecular formula is C18H18BrNO5. The zero-order valence-corrected chi connectivity index (χ0v) is 15.2. The van der Waals surface area contributed by atoms with Crippen molar-refractivity contribution in [3.05, 3.63) is 58.6 Å². The largest absolute Gasteiger partial charge is 0.497 e. The van der Waals surface area contributed by atoms with E-state index in [-0.39, 0.29) is 19.1 Å². The van der Waals surface area contributed by atoms with Gasteiger partial charge in [-0.2, -0.15) is 0 Å². The van der Waals surface area contributed by atoms with Crippen molar-refractivity contribution in [2.45, 2.75) is 6.54 Å². The maximum Gasteiger partial charge on any atom is 0.344 e. The Morgan fingerprint density at radius 1 is 0.960 bits per heavy atom. The van der Waals surface area contributed by atoms with Crippen molar-refractivity contribution in [3.8, 4) is 11.5 Å². The van der Waals surface area contributed by atoms with Gasteiger partial charge in [-0.25, -0.2) is 4.79 Å². The first-order valence-electron chi connectivity index (χ1n) is 7.50. The average molecular weight is 408 g/mol. The van der Waals surface area contributed by atoms with Crippen LogP contribution in [0.4, 0.5) is 0 Å². The lowest BCUT2D eigenvalue weighted by Crippen LogP contribution is -2.29. The van der Waals surface area contributed by atoms with E-state index in [0.29, 0.717) is 12.3 Å². The summed E-state index contributed by atoms with van der Waals surface area (Å²) in [6, 6.07) is 14.3. The van der Waals surface area contributed by atoms with E-state index in [0.717, 1.165) is 15.8 Å². The molecule has 0 saturated heterocycles. The zero-order valence-electron chi connectivity index (χ0n) is 13.7. The van der Waals surface area contributed by atoms with Gasteiger partial charge in [0.2, 0.25) is 0 Å². The molecule has 0 aliphatic heterocycles. The first-order valence-corrected chi connectivity index (χ1v) is 8.30. The number of rotatable bonds is 8. The molecule has 1 amide bonds. The predicted octanol–water partition coefficient (Wildman–Crippen LogP) is 2.70. The van der Waals surface area contributed by atoms with Crippen molar-refractivity contribution in [2.24, 2.45) is 0 Å². The van der Waals surface area contributed by atoms with Crippen molar-refractivity contribution in [2.75, 3.05) is 20.3 Å². The molecule has 0 radical (unpaired) electrons. The Labute approximate surface area is 154 Å². The van der Waals surface area contributed by atoms with Gasteiger partial charge in [0.1, 0.15) is 11.5 Å². The van der Waals surface area contributed by atoms with Crippen LogP contribution in [0.3, 0.4) is 0 Å². The molecule has 0 atom stereocenters. The molecule has 1 N–H and O–H groups in total. The van der Waals surface area contributed by atoms with Crippen LogP contribution in [0.25, 0.3) is 0 Å². The Morgan fingerprint density at radius 2 is 1.60 bits per heavy atom. The standard InChI is InChI=1S/C18H18BrNO5/c1-23-15-6-2-13(3-7-15)10-20-17(21)11-25-18(22)12-24-16-8-4-14(19)5-9-16/h2-9H,10-12H2,1H3,(H,20,21). The number of carbonyl (C=O) groups is 2. The third-order valence-corrected chi connectivity index (χ3v) is 3.71. The van der Waals surface area contributed by atoms with Gasteiger partial charge >= 0.3 is 5.97 Å². The van der Waals surface area contributed by atoms with E-state index in [9.17, 15) is 9.59 Å². The second-order valence-corrected chi connectivity index (χ2v) is 5.94. The molecule has 2 aromatic rings. The molecule has 0 bridgehead atoms. The van der Waals surface area contributed by atoms with Crippen LogP contribution in [-0.4, -0.2) is 32.2 Å². The van der Waals surface area contributed by atoms with Crippen LogP contribution in [0, 0.1) is 0 Å². The molecule has 2 rings (SSSR count). The topological polar surface area (TPSA) is 73.9 Å². The molecule has 2 aromatic carbocycles. The van der Waals surface area contributed by atoms with Crippen LogP contribution in [0.15, 0.2) is 53.0 Å². The third-order valence-electron chi connectivity index (χ3n) is 3.18. The second kappa shape index (κ2) is 9.68. The van der Waals surface area contributed by atoms with E-state index in [4.69, 9.17) is 14.2 Å². The summed E-state index contributed by atoms with van der Waals surface area (Å²) in [6.45, 7) is -0.262. The normalized spacial score (nSPS) is 10.0. The number of ether oxygens (including phenoxy) is 3. The summed E-state index contributed by atoms with van der Waals surface area (Å²) in [4.78, 5) is 23.3. The van der Waals surface area contributed by atoms with Gasteiger partial charge in [-0.15, -0.1) is 0 Å². The van der Waals surface area contributed by atoms with E-state index in [1.54, 1.807) is 43.5 Å². The van der Waals surface area contributed by atoms with Gasteiger partial charge in [-0.05, 0) is 42.0 Å². The molecule has 0 spiro atoms. The number of amides is 1. The number of benzene rings is 2. The number of halogens is 1. The van der Waals surface area contributed by atoms with Crippen molar-refractivity contribution < 1.29 is 23.8 Å². The van der Waals surface area contributed by atoms with Crippen LogP contribution in [-0.2, 0) is 20.9 Å². The Balaban J connectivity index is 1.64. The lowest BCUT2D eigenvalue weighted by Gasteiger charge is -2.08. The van der Waals surface area contributed by atoms with Crippen molar-refractivity contribution in [1.29, 1.82) is 0 Å². The maximum atomic E-state index is 11.7. The van der Waals surface area contributed by atoms with Crippen molar-refractivity contribution in [3.63, 3.8) is 0 Å². The molecular weight excluding hydrogens is 390 g/mol. The number of hydrogen-bond donors (Lipinski definition) is 1. The minimum atomic E-state index is -0.609. The van der Waals surface area contributed by atoms with Gasteiger partial charge in [-0.3, -0.25) is 4.79 Å². The van der Waals surface area contributed by atoms with Crippen LogP contribution in [0.2, 0.25) is 0 Å². The molecule has 7 heteroatoms. The number of methoxy groups -OCH3 is 1. The average Bonchev–Trinajstić information content (AvgIpc) is 2.64. The summed E-state index contributed by atoms with van der Waals surface area (Å²) in [6.07, 6.45) is 0. The molecule has 132 valence electrons. The van der Waals surface area contributed by atoms with E-state index in [1.807, 2.05) is 12.1 Å². The lowest BCUT2D eigenvalue weighted by atomic mass is 10.2. The minimum Gasteiger partial charge on any atom is -0.497 e. The van der Waals surface area contributed by atoms with E-state index < -0.39 is 5.97 Å². The first kappa shape index (κ1) is 18.8. The van der Waals surface area contributed by atoms with Crippen LogP contribution >= 0.6 is 15.9 Å². The highest BCUT2D eigenvalue weighted by molar-refractivity contribution is 9.10. The molecule has 25 heavy (non-hydrogen) atoms. The maximum absolute atomic E-state index is 11.7. The Hall–Kier alpha value is -2.54. The molecule has 0 fully saturated rings. The van der Waals surface area contributed by atoms with E-state index in [1.165, 1.54) is 0 Å². The zero-order chi connectivity index (χ0) is 18.1. The summed E-state index contributed by atoms with van der Waals surface area (Å²) in [5.74, 6) is 0.300. The molecule has 0 heterocycles. The summed E-state index contributed by atoms with van der Waals surface area (Å²) in [7, 11) is 1.59. The fourth-order valence-electron chi connectivity index (χ4n) is 1.86. The highest BCUT2D eigenvalue weighted by Crippen LogP contribution is 2.16. The summed E-state index contributed by atoms with van der Waals surface area (Å²) < 4.78 is 16.1. The third kappa shape index (κ3) is 6.84. The van der Waals surface area contributed by atoms with Crippen LogP contribution < -0.4 is 14.8 Å². The summed E-state index contributed by atoms with van der Waals surface area (Å²) >= 11 is 3.31. The molecule has 0 saturated carbocycles. The van der Waals surface area contributed by atoms with Crippen molar-refractivity contribution >= 4 is 27.8 Å². The summed E-state index contributed by atoms with van der Waals surface area (Å²) in [5, 5.41) is 2.67. The molecule has 0 unspecified atom stereocenters. The van der Waals surface area contributed by atoms with Gasteiger partial charge in [-0.1, -0.05) is 28.1 Å². The Bertz CT molecular complexity index is 700. The smallest absolute Gasteiger partial charge is 0.344 e.